The van der Waals surface area contributed by atoms with Gasteiger partial charge in [0.15, 0.2) is 0 Å². The van der Waals surface area contributed by atoms with Crippen LogP contribution in [0, 0.1) is 11.3 Å². The summed E-state index contributed by atoms with van der Waals surface area (Å²) in [5, 5.41) is 8.95. The Hall–Kier alpha value is -2.12. The molecule has 0 N–H and O–H groups in total. The van der Waals surface area contributed by atoms with Gasteiger partial charge in [-0.15, -0.1) is 0 Å². The number of benzene rings is 2. The average molecular weight is 316 g/mol. The summed E-state index contributed by atoms with van der Waals surface area (Å²) in [5.41, 5.74) is 1.68. The minimum Gasteiger partial charge on any atom is -0.457 e. The first-order valence-corrected chi connectivity index (χ1v) is 6.41. The van der Waals surface area contributed by atoms with E-state index in [1.807, 2.05) is 12.1 Å². The lowest BCUT2D eigenvalue weighted by atomic mass is 10.1. The Bertz CT molecular complexity index is 647. The number of esters is 1. The van der Waals surface area contributed by atoms with Gasteiger partial charge >= 0.3 is 5.97 Å². The van der Waals surface area contributed by atoms with Crippen LogP contribution in [0.15, 0.2) is 53.0 Å². The minimum atomic E-state index is -0.416. The number of carbonyl (C=O) groups excluding carboxylic acids is 1. The van der Waals surface area contributed by atoms with Crippen molar-refractivity contribution in [3.8, 4) is 6.07 Å². The van der Waals surface area contributed by atoms with Gasteiger partial charge in [0.25, 0.3) is 0 Å². The quantitative estimate of drug-likeness (QED) is 0.812. The van der Waals surface area contributed by atoms with Gasteiger partial charge in [0, 0.05) is 10.0 Å². The van der Waals surface area contributed by atoms with E-state index < -0.39 is 5.97 Å². The maximum absolute atomic E-state index is 11.9. The second-order valence-corrected chi connectivity index (χ2v) is 4.68. The number of halogens is 1. The molecule has 0 aliphatic carbocycles. The topological polar surface area (TPSA) is 50.1 Å². The third kappa shape index (κ3) is 3.21. The Balaban J connectivity index is 2.10. The Kier molecular flexibility index (Phi) is 4.32. The second-order valence-electron chi connectivity index (χ2n) is 3.82. The molecule has 2 rings (SSSR count). The van der Waals surface area contributed by atoms with E-state index in [2.05, 4.69) is 22.0 Å². The van der Waals surface area contributed by atoms with Crippen LogP contribution in [0.3, 0.4) is 0 Å². The van der Waals surface area contributed by atoms with Gasteiger partial charge in [-0.05, 0) is 34.1 Å². The van der Waals surface area contributed by atoms with E-state index in [9.17, 15) is 4.79 Å². The molecule has 0 atom stereocenters. The summed E-state index contributed by atoms with van der Waals surface area (Å²) in [6, 6.07) is 16.2. The van der Waals surface area contributed by atoms with Crippen molar-refractivity contribution in [3.63, 3.8) is 0 Å². The highest BCUT2D eigenvalue weighted by Gasteiger charge is 2.11. The fourth-order valence-electron chi connectivity index (χ4n) is 1.60. The maximum Gasteiger partial charge on any atom is 0.339 e. The second kappa shape index (κ2) is 6.17. The lowest BCUT2D eigenvalue weighted by Crippen LogP contribution is -2.06. The van der Waals surface area contributed by atoms with Gasteiger partial charge in [0.1, 0.15) is 6.61 Å². The van der Waals surface area contributed by atoms with Crippen molar-refractivity contribution < 1.29 is 9.53 Å². The number of hydrogen-bond donors (Lipinski definition) is 0. The van der Waals surface area contributed by atoms with Crippen LogP contribution < -0.4 is 0 Å². The van der Waals surface area contributed by atoms with Gasteiger partial charge in [-0.3, -0.25) is 0 Å². The van der Waals surface area contributed by atoms with Crippen LogP contribution in [-0.4, -0.2) is 5.97 Å². The molecule has 0 fully saturated rings. The van der Waals surface area contributed by atoms with Crippen molar-refractivity contribution in [2.45, 2.75) is 6.61 Å². The predicted molar refractivity (Wildman–Crippen MR) is 74.4 cm³/mol. The van der Waals surface area contributed by atoms with E-state index in [0.717, 1.165) is 0 Å². The van der Waals surface area contributed by atoms with Crippen LogP contribution in [-0.2, 0) is 11.3 Å². The number of ether oxygens (including phenoxy) is 1. The summed E-state index contributed by atoms with van der Waals surface area (Å²) in [4.78, 5) is 11.9. The van der Waals surface area contributed by atoms with E-state index >= 15 is 0 Å². The summed E-state index contributed by atoms with van der Waals surface area (Å²) >= 11 is 3.30. The Morgan fingerprint density at radius 3 is 2.58 bits per heavy atom. The molecule has 0 unspecified atom stereocenters. The van der Waals surface area contributed by atoms with E-state index in [-0.39, 0.29) is 6.61 Å². The largest absolute Gasteiger partial charge is 0.457 e. The molecular weight excluding hydrogens is 306 g/mol. The Labute approximate surface area is 119 Å². The highest BCUT2D eigenvalue weighted by Crippen LogP contribution is 2.18. The summed E-state index contributed by atoms with van der Waals surface area (Å²) in [6.07, 6.45) is 0. The number of nitrogens with zero attached hydrogens (tertiary/aromatic N) is 1. The summed E-state index contributed by atoms with van der Waals surface area (Å²) in [6.45, 7) is 0.0872. The van der Waals surface area contributed by atoms with Crippen molar-refractivity contribution in [1.82, 2.24) is 0 Å². The molecule has 0 aliphatic rings. The standard InChI is InChI=1S/C15H10BrNO2/c16-14-8-4-3-7-13(14)15(18)19-10-12-6-2-1-5-11(12)9-17/h1-8H,10H2. The lowest BCUT2D eigenvalue weighted by Gasteiger charge is -2.07. The van der Waals surface area contributed by atoms with Gasteiger partial charge < -0.3 is 4.74 Å². The molecule has 94 valence electrons. The molecule has 0 aliphatic heterocycles. The molecule has 0 saturated heterocycles. The fourth-order valence-corrected chi connectivity index (χ4v) is 2.05. The Morgan fingerprint density at radius 1 is 1.16 bits per heavy atom. The summed E-state index contributed by atoms with van der Waals surface area (Å²) < 4.78 is 5.91. The van der Waals surface area contributed by atoms with Crippen molar-refractivity contribution in [2.24, 2.45) is 0 Å². The van der Waals surface area contributed by atoms with E-state index in [4.69, 9.17) is 10.00 Å². The first-order valence-electron chi connectivity index (χ1n) is 5.62. The molecule has 0 aromatic heterocycles. The van der Waals surface area contributed by atoms with Crippen LogP contribution in [0.2, 0.25) is 0 Å². The molecule has 19 heavy (non-hydrogen) atoms. The van der Waals surface area contributed by atoms with Crippen LogP contribution in [0.25, 0.3) is 0 Å². The fraction of sp³-hybridized carbons (Fsp3) is 0.0667. The molecule has 0 spiro atoms. The summed E-state index contributed by atoms with van der Waals surface area (Å²) in [5.74, 6) is -0.416. The third-order valence-corrected chi connectivity index (χ3v) is 3.28. The molecule has 2 aromatic rings. The van der Waals surface area contributed by atoms with Crippen LogP contribution in [0.1, 0.15) is 21.5 Å². The molecule has 0 heterocycles. The average Bonchev–Trinajstić information content (AvgIpc) is 2.45. The summed E-state index contributed by atoms with van der Waals surface area (Å²) in [7, 11) is 0. The highest BCUT2D eigenvalue weighted by atomic mass is 79.9. The van der Waals surface area contributed by atoms with Gasteiger partial charge in [0.2, 0.25) is 0 Å². The van der Waals surface area contributed by atoms with Crippen LogP contribution >= 0.6 is 15.9 Å². The third-order valence-electron chi connectivity index (χ3n) is 2.59. The van der Waals surface area contributed by atoms with E-state index in [1.54, 1.807) is 36.4 Å². The van der Waals surface area contributed by atoms with Gasteiger partial charge in [0.05, 0.1) is 17.2 Å². The minimum absolute atomic E-state index is 0.0872. The molecule has 0 radical (unpaired) electrons. The Morgan fingerprint density at radius 2 is 1.84 bits per heavy atom. The zero-order chi connectivity index (χ0) is 13.7. The van der Waals surface area contributed by atoms with Crippen molar-refractivity contribution in [1.29, 1.82) is 5.26 Å². The molecule has 0 amide bonds. The van der Waals surface area contributed by atoms with E-state index in [1.165, 1.54) is 0 Å². The first-order chi connectivity index (χ1) is 9.22. The number of nitriles is 1. The number of rotatable bonds is 3. The van der Waals surface area contributed by atoms with Gasteiger partial charge in [-0.1, -0.05) is 30.3 Å². The first kappa shape index (κ1) is 13.3. The number of carbonyl (C=O) groups is 1. The zero-order valence-electron chi connectivity index (χ0n) is 9.97. The SMILES string of the molecule is N#Cc1ccccc1COC(=O)c1ccccc1Br. The zero-order valence-corrected chi connectivity index (χ0v) is 11.6. The molecule has 0 saturated carbocycles. The van der Waals surface area contributed by atoms with Gasteiger partial charge in [-0.25, -0.2) is 4.79 Å². The molecular formula is C15H10BrNO2. The monoisotopic (exact) mass is 315 g/mol. The smallest absolute Gasteiger partial charge is 0.339 e. The van der Waals surface area contributed by atoms with Crippen molar-refractivity contribution in [2.75, 3.05) is 0 Å². The molecule has 4 heteroatoms. The number of hydrogen-bond acceptors (Lipinski definition) is 3. The van der Waals surface area contributed by atoms with Crippen molar-refractivity contribution in [3.05, 3.63) is 69.7 Å². The van der Waals surface area contributed by atoms with Crippen molar-refractivity contribution >= 4 is 21.9 Å². The normalized spacial score (nSPS) is 9.68. The molecule has 3 nitrogen and oxygen atoms in total. The van der Waals surface area contributed by atoms with Crippen LogP contribution in [0.4, 0.5) is 0 Å². The molecule has 2 aromatic carbocycles. The molecule has 0 bridgehead atoms. The maximum atomic E-state index is 11.9. The van der Waals surface area contributed by atoms with E-state index in [0.29, 0.717) is 21.2 Å². The van der Waals surface area contributed by atoms with Crippen LogP contribution in [0.5, 0.6) is 0 Å². The highest BCUT2D eigenvalue weighted by molar-refractivity contribution is 9.10. The van der Waals surface area contributed by atoms with Gasteiger partial charge in [-0.2, -0.15) is 5.26 Å². The predicted octanol–water partition coefficient (Wildman–Crippen LogP) is 3.68. The lowest BCUT2D eigenvalue weighted by molar-refractivity contribution is 0.0471.